The van der Waals surface area contributed by atoms with E-state index in [9.17, 15) is 5.26 Å². The van der Waals surface area contributed by atoms with Crippen molar-refractivity contribution in [3.8, 4) is 6.07 Å². The molecule has 0 aliphatic carbocycles. The Bertz CT molecular complexity index is 643. The monoisotopic (exact) mass is 288 g/mol. The second-order valence-electron chi connectivity index (χ2n) is 5.39. The molecule has 1 aromatic heterocycles. The highest BCUT2D eigenvalue weighted by Gasteiger charge is 2.25. The predicted molar refractivity (Wildman–Crippen MR) is 83.8 cm³/mol. The topological polar surface area (TPSA) is 64.5 Å². The van der Waals surface area contributed by atoms with Gasteiger partial charge in [-0.25, -0.2) is 4.98 Å². The van der Waals surface area contributed by atoms with Gasteiger partial charge in [0.25, 0.3) is 0 Å². The Labute approximate surface area is 124 Å². The number of aromatic nitrogens is 2. The highest BCUT2D eigenvalue weighted by Crippen LogP contribution is 2.28. The fraction of sp³-hybridized carbons (Fsp3) is 0.467. The third-order valence-corrected chi connectivity index (χ3v) is 4.41. The number of fused-ring (bicyclic) bond motifs is 1. The molecule has 0 radical (unpaired) electrons. The van der Waals surface area contributed by atoms with Crippen molar-refractivity contribution in [2.75, 3.05) is 7.05 Å². The van der Waals surface area contributed by atoms with Gasteiger partial charge in [0.05, 0.1) is 17.1 Å². The first-order valence-electron chi connectivity index (χ1n) is 6.69. The van der Waals surface area contributed by atoms with Crippen molar-refractivity contribution in [2.24, 2.45) is 0 Å². The number of nitrogens with zero attached hydrogens (tertiary/aromatic N) is 2. The van der Waals surface area contributed by atoms with E-state index in [0.29, 0.717) is 5.25 Å². The maximum atomic E-state index is 9.20. The van der Waals surface area contributed by atoms with Crippen LogP contribution in [0.5, 0.6) is 0 Å². The Hall–Kier alpha value is -1.51. The first-order chi connectivity index (χ1) is 9.45. The Balaban J connectivity index is 2.10. The quantitative estimate of drug-likeness (QED) is 0.829. The van der Waals surface area contributed by atoms with Crippen LogP contribution in [-0.4, -0.2) is 27.8 Å². The summed E-state index contributed by atoms with van der Waals surface area (Å²) in [5, 5.41) is 13.5. The van der Waals surface area contributed by atoms with E-state index in [-0.39, 0.29) is 0 Å². The molecule has 2 aromatic rings. The highest BCUT2D eigenvalue weighted by atomic mass is 32.2. The lowest BCUT2D eigenvalue weighted by Gasteiger charge is -2.23. The summed E-state index contributed by atoms with van der Waals surface area (Å²) in [6, 6.07) is 8.52. The maximum absolute atomic E-state index is 9.20. The number of nitriles is 1. The van der Waals surface area contributed by atoms with E-state index < -0.39 is 5.54 Å². The third kappa shape index (κ3) is 3.33. The van der Waals surface area contributed by atoms with Crippen LogP contribution in [0.1, 0.15) is 25.8 Å². The maximum Gasteiger partial charge on any atom is 0.166 e. The fourth-order valence-corrected chi connectivity index (χ4v) is 3.28. The molecule has 1 aromatic carbocycles. The fourth-order valence-electron chi connectivity index (χ4n) is 2.17. The number of benzene rings is 1. The molecule has 2 unspecified atom stereocenters. The number of hydrogen-bond acceptors (Lipinski definition) is 4. The molecular weight excluding hydrogens is 268 g/mol. The van der Waals surface area contributed by atoms with E-state index >= 15 is 0 Å². The minimum atomic E-state index is -0.491. The second-order valence-corrected chi connectivity index (χ2v) is 6.82. The first kappa shape index (κ1) is 14.9. The molecule has 0 amide bonds. The number of rotatable bonds is 5. The average Bonchev–Trinajstić information content (AvgIpc) is 2.79. The van der Waals surface area contributed by atoms with Gasteiger partial charge in [-0.05, 0) is 45.0 Å². The van der Waals surface area contributed by atoms with Crippen LogP contribution < -0.4 is 5.32 Å². The van der Waals surface area contributed by atoms with Crippen molar-refractivity contribution < 1.29 is 0 Å². The van der Waals surface area contributed by atoms with Gasteiger partial charge < -0.3 is 10.3 Å². The largest absolute Gasteiger partial charge is 0.333 e. The van der Waals surface area contributed by atoms with E-state index in [0.717, 1.165) is 22.6 Å². The smallest absolute Gasteiger partial charge is 0.166 e. The van der Waals surface area contributed by atoms with Crippen molar-refractivity contribution in [2.45, 2.75) is 43.1 Å². The van der Waals surface area contributed by atoms with Crippen molar-refractivity contribution >= 4 is 22.8 Å². The summed E-state index contributed by atoms with van der Waals surface area (Å²) in [6.07, 6.45) is 0.765. The minimum Gasteiger partial charge on any atom is -0.333 e. The molecule has 0 aliphatic heterocycles. The van der Waals surface area contributed by atoms with Gasteiger partial charge in [-0.3, -0.25) is 0 Å². The standard InChI is InChI=1S/C15H20N4S/c1-10-5-6-12-13(7-10)19-14(18-12)20-11(2)8-15(3,9-16)17-4/h5-7,11,17H,8H2,1-4H3,(H,18,19). The van der Waals surface area contributed by atoms with Crippen LogP contribution in [0.15, 0.2) is 23.4 Å². The van der Waals surface area contributed by atoms with Gasteiger partial charge in [-0.15, -0.1) is 0 Å². The van der Waals surface area contributed by atoms with Crippen molar-refractivity contribution in [1.29, 1.82) is 5.26 Å². The molecule has 2 rings (SSSR count). The van der Waals surface area contributed by atoms with Gasteiger partial charge in [0.2, 0.25) is 0 Å². The van der Waals surface area contributed by atoms with Gasteiger partial charge in [0.15, 0.2) is 5.16 Å². The van der Waals surface area contributed by atoms with Gasteiger partial charge in [-0.2, -0.15) is 5.26 Å². The van der Waals surface area contributed by atoms with Crippen molar-refractivity contribution in [3.05, 3.63) is 23.8 Å². The van der Waals surface area contributed by atoms with E-state index in [1.165, 1.54) is 5.56 Å². The van der Waals surface area contributed by atoms with Gasteiger partial charge in [0, 0.05) is 5.25 Å². The summed E-state index contributed by atoms with van der Waals surface area (Å²) in [4.78, 5) is 7.92. The lowest BCUT2D eigenvalue weighted by atomic mass is 9.98. The van der Waals surface area contributed by atoms with E-state index in [1.54, 1.807) is 11.8 Å². The van der Waals surface area contributed by atoms with Gasteiger partial charge in [0.1, 0.15) is 5.54 Å². The van der Waals surface area contributed by atoms with E-state index in [4.69, 9.17) is 0 Å². The summed E-state index contributed by atoms with van der Waals surface area (Å²) in [5.41, 5.74) is 2.78. The summed E-state index contributed by atoms with van der Waals surface area (Å²) in [5.74, 6) is 0. The molecule has 0 spiro atoms. The third-order valence-electron chi connectivity index (χ3n) is 3.42. The normalized spacial score (nSPS) is 15.8. The Kier molecular flexibility index (Phi) is 4.36. The summed E-state index contributed by atoms with van der Waals surface area (Å²) >= 11 is 1.68. The number of aryl methyl sites for hydroxylation is 1. The molecule has 4 nitrogen and oxygen atoms in total. The molecule has 106 valence electrons. The summed E-state index contributed by atoms with van der Waals surface area (Å²) in [6.45, 7) is 6.11. The van der Waals surface area contributed by atoms with Crippen LogP contribution in [-0.2, 0) is 0 Å². The lowest BCUT2D eigenvalue weighted by molar-refractivity contribution is 0.455. The van der Waals surface area contributed by atoms with Crippen LogP contribution in [0.25, 0.3) is 11.0 Å². The molecule has 20 heavy (non-hydrogen) atoms. The van der Waals surface area contributed by atoms with Gasteiger partial charge >= 0.3 is 0 Å². The molecule has 0 saturated carbocycles. The molecule has 0 saturated heterocycles. The van der Waals surface area contributed by atoms with E-state index in [2.05, 4.69) is 47.3 Å². The molecule has 0 bridgehead atoms. The van der Waals surface area contributed by atoms with Crippen LogP contribution in [0.3, 0.4) is 0 Å². The summed E-state index contributed by atoms with van der Waals surface area (Å²) < 4.78 is 0. The molecule has 5 heteroatoms. The molecule has 2 N–H and O–H groups in total. The molecular formula is C15H20N4S. The molecule has 0 fully saturated rings. The van der Waals surface area contributed by atoms with Crippen LogP contribution in [0.4, 0.5) is 0 Å². The van der Waals surface area contributed by atoms with Crippen LogP contribution >= 0.6 is 11.8 Å². The SMILES string of the molecule is CNC(C)(C#N)CC(C)Sc1nc2ccc(C)cc2[nH]1. The van der Waals surface area contributed by atoms with Crippen LogP contribution in [0.2, 0.25) is 0 Å². The molecule has 0 aliphatic rings. The number of hydrogen-bond donors (Lipinski definition) is 2. The second kappa shape index (κ2) is 5.86. The number of imidazole rings is 1. The Morgan fingerprint density at radius 1 is 1.55 bits per heavy atom. The predicted octanol–water partition coefficient (Wildman–Crippen LogP) is 3.24. The van der Waals surface area contributed by atoms with Gasteiger partial charge in [-0.1, -0.05) is 24.8 Å². The van der Waals surface area contributed by atoms with Crippen molar-refractivity contribution in [3.63, 3.8) is 0 Å². The van der Waals surface area contributed by atoms with E-state index in [1.807, 2.05) is 20.0 Å². The Morgan fingerprint density at radius 3 is 2.95 bits per heavy atom. The zero-order valence-corrected chi connectivity index (χ0v) is 13.1. The Morgan fingerprint density at radius 2 is 2.30 bits per heavy atom. The van der Waals surface area contributed by atoms with Crippen molar-refractivity contribution in [1.82, 2.24) is 15.3 Å². The molecule has 2 atom stereocenters. The van der Waals surface area contributed by atoms with Crippen LogP contribution in [0, 0.1) is 18.3 Å². The minimum absolute atomic E-state index is 0.300. The average molecular weight is 288 g/mol. The lowest BCUT2D eigenvalue weighted by Crippen LogP contribution is -2.40. The number of aromatic amines is 1. The number of thioether (sulfide) groups is 1. The molecule has 1 heterocycles. The number of nitrogens with one attached hydrogen (secondary N) is 2. The highest BCUT2D eigenvalue weighted by molar-refractivity contribution is 7.99. The first-order valence-corrected chi connectivity index (χ1v) is 7.57. The summed E-state index contributed by atoms with van der Waals surface area (Å²) in [7, 11) is 1.82. The number of H-pyrrole nitrogens is 1. The zero-order valence-electron chi connectivity index (χ0n) is 12.3. The zero-order chi connectivity index (χ0) is 14.8.